The molecule has 1 fully saturated rings. The molecule has 11 heteroatoms. The number of aromatic nitrogens is 1. The Morgan fingerprint density at radius 2 is 2.07 bits per heavy atom. The van der Waals surface area contributed by atoms with Crippen LogP contribution in [0.4, 0.5) is 10.8 Å². The van der Waals surface area contributed by atoms with Gasteiger partial charge in [0.15, 0.2) is 5.13 Å². The smallest absolute Gasteiger partial charge is 0.263 e. The largest absolute Gasteiger partial charge is 0.381 e. The number of hydrogen-bond donors (Lipinski definition) is 3. The van der Waals surface area contributed by atoms with Gasteiger partial charge in [0.2, 0.25) is 5.91 Å². The van der Waals surface area contributed by atoms with E-state index in [4.69, 9.17) is 10.5 Å². The zero-order valence-electron chi connectivity index (χ0n) is 14.4. The van der Waals surface area contributed by atoms with E-state index in [1.165, 1.54) is 29.7 Å². The summed E-state index contributed by atoms with van der Waals surface area (Å²) in [4.78, 5) is 16.7. The maximum atomic E-state index is 12.7. The molecule has 0 bridgehead atoms. The average Bonchev–Trinajstić information content (AvgIpc) is 3.14. The fraction of sp³-hybridized carbons (Fsp3) is 0.375. The number of sulfonamides is 1. The molecule has 0 spiro atoms. The highest BCUT2D eigenvalue weighted by molar-refractivity contribution is 7.93. The fourth-order valence-corrected chi connectivity index (χ4v) is 4.57. The van der Waals surface area contributed by atoms with Crippen molar-refractivity contribution in [3.05, 3.63) is 35.8 Å². The summed E-state index contributed by atoms with van der Waals surface area (Å²) < 4.78 is 32.6. The van der Waals surface area contributed by atoms with Gasteiger partial charge in [0.25, 0.3) is 10.0 Å². The van der Waals surface area contributed by atoms with Crippen LogP contribution in [-0.4, -0.2) is 39.1 Å². The first-order chi connectivity index (χ1) is 12.5. The lowest BCUT2D eigenvalue weighted by atomic mass is 9.79. The molecule has 27 heavy (non-hydrogen) atoms. The second kappa shape index (κ2) is 8.98. The lowest BCUT2D eigenvalue weighted by Gasteiger charge is -2.34. The molecule has 3 rings (SSSR count). The first kappa shape index (κ1) is 21.6. The van der Waals surface area contributed by atoms with E-state index in [0.717, 1.165) is 0 Å². The van der Waals surface area contributed by atoms with E-state index in [1.54, 1.807) is 17.5 Å². The standard InChI is InChI=1S/C16H20N4O4S2.ClH/c17-11-16(4-7-24-8-5-16)14(21)19-12-2-1-3-13(10-12)26(22,23)20-15-18-6-9-25-15;/h1-3,6,9-10H,4-5,7-8,11,17H2,(H,18,20)(H,19,21);1H. The lowest BCUT2D eigenvalue weighted by molar-refractivity contribution is -0.130. The molecule has 1 aliphatic rings. The van der Waals surface area contributed by atoms with Crippen molar-refractivity contribution < 1.29 is 17.9 Å². The van der Waals surface area contributed by atoms with Crippen LogP contribution in [0.1, 0.15) is 12.8 Å². The summed E-state index contributed by atoms with van der Waals surface area (Å²) in [7, 11) is -3.79. The van der Waals surface area contributed by atoms with Gasteiger partial charge >= 0.3 is 0 Å². The lowest BCUT2D eigenvalue weighted by Crippen LogP contribution is -2.46. The van der Waals surface area contributed by atoms with Crippen LogP contribution in [0.3, 0.4) is 0 Å². The van der Waals surface area contributed by atoms with Crippen LogP contribution in [0, 0.1) is 5.41 Å². The number of ether oxygens (including phenoxy) is 1. The first-order valence-electron chi connectivity index (χ1n) is 8.07. The SMILES string of the molecule is Cl.NCC1(C(=O)Nc2cccc(S(=O)(=O)Nc3nccs3)c2)CCOCC1. The summed E-state index contributed by atoms with van der Waals surface area (Å²) in [5, 5.41) is 4.75. The number of halogens is 1. The number of hydrogen-bond acceptors (Lipinski definition) is 7. The van der Waals surface area contributed by atoms with Crippen molar-refractivity contribution in [3.8, 4) is 0 Å². The summed E-state index contributed by atoms with van der Waals surface area (Å²) in [6, 6.07) is 6.09. The van der Waals surface area contributed by atoms with Crippen molar-refractivity contribution in [3.63, 3.8) is 0 Å². The molecule has 0 atom stereocenters. The minimum absolute atomic E-state index is 0. The Morgan fingerprint density at radius 3 is 2.70 bits per heavy atom. The quantitative estimate of drug-likeness (QED) is 0.641. The monoisotopic (exact) mass is 432 g/mol. The highest BCUT2D eigenvalue weighted by Crippen LogP contribution is 2.31. The molecular weight excluding hydrogens is 412 g/mol. The Kier molecular flexibility index (Phi) is 7.18. The zero-order chi connectivity index (χ0) is 18.6. The number of rotatable bonds is 6. The molecular formula is C16H21ClN4O4S2. The van der Waals surface area contributed by atoms with Gasteiger partial charge in [-0.05, 0) is 31.0 Å². The van der Waals surface area contributed by atoms with E-state index in [-0.39, 0.29) is 34.9 Å². The van der Waals surface area contributed by atoms with Crippen LogP contribution in [0.2, 0.25) is 0 Å². The number of nitrogens with two attached hydrogens (primary N) is 1. The number of amides is 1. The van der Waals surface area contributed by atoms with Gasteiger partial charge in [-0.1, -0.05) is 6.07 Å². The number of carbonyl (C=O) groups is 1. The third-order valence-electron chi connectivity index (χ3n) is 4.38. The molecule has 1 aromatic carbocycles. The van der Waals surface area contributed by atoms with Gasteiger partial charge in [-0.15, -0.1) is 23.7 Å². The molecule has 1 amide bonds. The number of thiazole rings is 1. The molecule has 1 aromatic heterocycles. The first-order valence-corrected chi connectivity index (χ1v) is 10.4. The Bertz CT molecular complexity index is 868. The molecule has 1 saturated heterocycles. The molecule has 8 nitrogen and oxygen atoms in total. The maximum absolute atomic E-state index is 12.7. The zero-order valence-corrected chi connectivity index (χ0v) is 16.8. The number of nitrogens with one attached hydrogen (secondary N) is 2. The summed E-state index contributed by atoms with van der Waals surface area (Å²) >= 11 is 1.18. The maximum Gasteiger partial charge on any atom is 0.263 e. The Balaban J connectivity index is 0.00000261. The second-order valence-electron chi connectivity index (χ2n) is 6.02. The second-order valence-corrected chi connectivity index (χ2v) is 8.60. The van der Waals surface area contributed by atoms with Crippen LogP contribution in [0.15, 0.2) is 40.7 Å². The average molecular weight is 433 g/mol. The van der Waals surface area contributed by atoms with Gasteiger partial charge in [-0.3, -0.25) is 9.52 Å². The van der Waals surface area contributed by atoms with Crippen LogP contribution >= 0.6 is 23.7 Å². The van der Waals surface area contributed by atoms with Crippen molar-refractivity contribution in [1.29, 1.82) is 0 Å². The Morgan fingerprint density at radius 1 is 1.33 bits per heavy atom. The van der Waals surface area contributed by atoms with E-state index in [2.05, 4.69) is 15.0 Å². The third kappa shape index (κ3) is 4.96. The fourth-order valence-electron chi connectivity index (χ4n) is 2.74. The van der Waals surface area contributed by atoms with Gasteiger partial charge in [-0.25, -0.2) is 13.4 Å². The third-order valence-corrected chi connectivity index (χ3v) is 6.53. The predicted molar refractivity (Wildman–Crippen MR) is 107 cm³/mol. The van der Waals surface area contributed by atoms with Gasteiger partial charge in [0.1, 0.15) is 0 Å². The molecule has 2 heterocycles. The molecule has 0 aliphatic carbocycles. The molecule has 0 saturated carbocycles. The molecule has 4 N–H and O–H groups in total. The van der Waals surface area contributed by atoms with E-state index in [9.17, 15) is 13.2 Å². The van der Waals surface area contributed by atoms with Gasteiger partial charge < -0.3 is 15.8 Å². The van der Waals surface area contributed by atoms with Crippen LogP contribution in [0.25, 0.3) is 0 Å². The van der Waals surface area contributed by atoms with E-state index < -0.39 is 15.4 Å². The number of benzene rings is 1. The van der Waals surface area contributed by atoms with Crippen LogP contribution < -0.4 is 15.8 Å². The highest BCUT2D eigenvalue weighted by atomic mass is 35.5. The summed E-state index contributed by atoms with van der Waals surface area (Å²) in [6.45, 7) is 1.18. The molecule has 2 aromatic rings. The van der Waals surface area contributed by atoms with Crippen molar-refractivity contribution in [1.82, 2.24) is 4.98 Å². The Labute approximate surface area is 168 Å². The minimum atomic E-state index is -3.79. The number of anilines is 2. The summed E-state index contributed by atoms with van der Waals surface area (Å²) in [5.41, 5.74) is 5.55. The molecule has 148 valence electrons. The van der Waals surface area contributed by atoms with Crippen LogP contribution in [0.5, 0.6) is 0 Å². The molecule has 1 aliphatic heterocycles. The minimum Gasteiger partial charge on any atom is -0.381 e. The summed E-state index contributed by atoms with van der Waals surface area (Å²) in [5.74, 6) is -0.217. The van der Waals surface area contributed by atoms with Crippen molar-refractivity contribution in [2.75, 3.05) is 29.8 Å². The predicted octanol–water partition coefficient (Wildman–Crippen LogP) is 2.06. The normalized spacial score (nSPS) is 16.2. The van der Waals surface area contributed by atoms with Gasteiger partial charge in [0.05, 0.1) is 10.3 Å². The molecule has 0 radical (unpaired) electrons. The number of carbonyl (C=O) groups excluding carboxylic acids is 1. The van der Waals surface area contributed by atoms with Crippen LogP contribution in [-0.2, 0) is 19.6 Å². The van der Waals surface area contributed by atoms with Crippen molar-refractivity contribution in [2.24, 2.45) is 11.1 Å². The van der Waals surface area contributed by atoms with Crippen molar-refractivity contribution >= 4 is 50.5 Å². The van der Waals surface area contributed by atoms with E-state index >= 15 is 0 Å². The van der Waals surface area contributed by atoms with Gasteiger partial charge in [0, 0.05) is 37.0 Å². The molecule has 0 unspecified atom stereocenters. The van der Waals surface area contributed by atoms with Crippen molar-refractivity contribution in [2.45, 2.75) is 17.7 Å². The highest BCUT2D eigenvalue weighted by Gasteiger charge is 2.38. The van der Waals surface area contributed by atoms with Gasteiger partial charge in [-0.2, -0.15) is 0 Å². The number of nitrogens with zero attached hydrogens (tertiary/aromatic N) is 1. The van der Waals surface area contributed by atoms with E-state index in [0.29, 0.717) is 31.7 Å². The van der Waals surface area contributed by atoms with E-state index in [1.807, 2.05) is 0 Å². The Hall–Kier alpha value is -1.72. The topological polar surface area (TPSA) is 123 Å². The summed E-state index contributed by atoms with van der Waals surface area (Å²) in [6.07, 6.45) is 2.59.